The predicted octanol–water partition coefficient (Wildman–Crippen LogP) is 2.34. The average molecular weight is 260 g/mol. The minimum atomic E-state index is -0.288. The lowest BCUT2D eigenvalue weighted by Gasteiger charge is -2.08. The van der Waals surface area contributed by atoms with Crippen LogP contribution in [0.15, 0.2) is 22.7 Å². The summed E-state index contributed by atoms with van der Waals surface area (Å²) in [7, 11) is 0. The summed E-state index contributed by atoms with van der Waals surface area (Å²) in [6.45, 7) is 5.73. The van der Waals surface area contributed by atoms with Gasteiger partial charge in [0.05, 0.1) is 0 Å². The van der Waals surface area contributed by atoms with E-state index in [9.17, 15) is 4.79 Å². The van der Waals surface area contributed by atoms with Gasteiger partial charge in [0.2, 0.25) is 0 Å². The standard InChI is InChI=1S/C13H16N4O2/c1-7(2)10-5-9(6-11(14)15-10)13(18)16-12-4-8(3)19-17-12/h4-7H,1-3H3,(H2,14,15)(H,16,17,18). The molecule has 6 heteroatoms. The van der Waals surface area contributed by atoms with E-state index in [-0.39, 0.29) is 11.8 Å². The Hall–Kier alpha value is -2.37. The molecule has 0 aliphatic heterocycles. The molecule has 0 saturated carbocycles. The first-order valence-electron chi connectivity index (χ1n) is 5.98. The molecule has 100 valence electrons. The topological polar surface area (TPSA) is 94.0 Å². The number of amides is 1. The van der Waals surface area contributed by atoms with E-state index in [4.69, 9.17) is 10.3 Å². The molecule has 0 saturated heterocycles. The van der Waals surface area contributed by atoms with Crippen LogP contribution in [0.2, 0.25) is 0 Å². The maximum atomic E-state index is 12.1. The highest BCUT2D eigenvalue weighted by Crippen LogP contribution is 2.17. The summed E-state index contributed by atoms with van der Waals surface area (Å²) in [5, 5.41) is 6.35. The van der Waals surface area contributed by atoms with Gasteiger partial charge in [0, 0.05) is 17.3 Å². The Morgan fingerprint density at radius 2 is 2.11 bits per heavy atom. The van der Waals surface area contributed by atoms with E-state index < -0.39 is 0 Å². The number of rotatable bonds is 3. The second-order valence-electron chi connectivity index (χ2n) is 4.64. The van der Waals surface area contributed by atoms with Crippen molar-refractivity contribution in [3.63, 3.8) is 0 Å². The van der Waals surface area contributed by atoms with Crippen LogP contribution in [-0.2, 0) is 0 Å². The Morgan fingerprint density at radius 3 is 2.68 bits per heavy atom. The zero-order chi connectivity index (χ0) is 14.0. The summed E-state index contributed by atoms with van der Waals surface area (Å²) in [6.07, 6.45) is 0. The lowest BCUT2D eigenvalue weighted by Crippen LogP contribution is -2.14. The van der Waals surface area contributed by atoms with Crippen molar-refractivity contribution in [2.75, 3.05) is 11.1 Å². The van der Waals surface area contributed by atoms with Crippen molar-refractivity contribution in [3.8, 4) is 0 Å². The molecule has 1 amide bonds. The first kappa shape index (κ1) is 13.1. The Bertz CT molecular complexity index is 604. The van der Waals surface area contributed by atoms with Gasteiger partial charge in [-0.1, -0.05) is 19.0 Å². The van der Waals surface area contributed by atoms with Crippen molar-refractivity contribution in [2.24, 2.45) is 0 Å². The Labute approximate surface area is 111 Å². The molecule has 3 N–H and O–H groups in total. The molecule has 2 heterocycles. The van der Waals surface area contributed by atoms with Gasteiger partial charge in [-0.25, -0.2) is 4.98 Å². The van der Waals surface area contributed by atoms with Gasteiger partial charge >= 0.3 is 0 Å². The lowest BCUT2D eigenvalue weighted by atomic mass is 10.1. The van der Waals surface area contributed by atoms with E-state index >= 15 is 0 Å². The van der Waals surface area contributed by atoms with Crippen molar-refractivity contribution in [2.45, 2.75) is 26.7 Å². The van der Waals surface area contributed by atoms with Gasteiger partial charge in [0.15, 0.2) is 5.82 Å². The molecule has 0 aliphatic carbocycles. The molecule has 0 spiro atoms. The summed E-state index contributed by atoms with van der Waals surface area (Å²) in [5.41, 5.74) is 6.94. The van der Waals surface area contributed by atoms with E-state index in [1.165, 1.54) is 6.07 Å². The van der Waals surface area contributed by atoms with E-state index in [0.29, 0.717) is 23.0 Å². The average Bonchev–Trinajstić information content (AvgIpc) is 2.73. The van der Waals surface area contributed by atoms with Crippen molar-refractivity contribution in [3.05, 3.63) is 35.2 Å². The maximum absolute atomic E-state index is 12.1. The van der Waals surface area contributed by atoms with Crippen LogP contribution in [0, 0.1) is 6.92 Å². The van der Waals surface area contributed by atoms with Crippen LogP contribution in [0.4, 0.5) is 11.6 Å². The molecule has 2 aromatic heterocycles. The summed E-state index contributed by atoms with van der Waals surface area (Å²) < 4.78 is 4.89. The summed E-state index contributed by atoms with van der Waals surface area (Å²) >= 11 is 0. The van der Waals surface area contributed by atoms with Gasteiger partial charge in [-0.15, -0.1) is 0 Å². The fourth-order valence-corrected chi connectivity index (χ4v) is 1.61. The highest BCUT2D eigenvalue weighted by Gasteiger charge is 2.12. The number of nitrogens with two attached hydrogens (primary N) is 1. The predicted molar refractivity (Wildman–Crippen MR) is 71.9 cm³/mol. The van der Waals surface area contributed by atoms with Gasteiger partial charge < -0.3 is 15.6 Å². The van der Waals surface area contributed by atoms with Crippen LogP contribution in [0.1, 0.15) is 41.6 Å². The fourth-order valence-electron chi connectivity index (χ4n) is 1.61. The van der Waals surface area contributed by atoms with Gasteiger partial charge in [-0.05, 0) is 25.0 Å². The van der Waals surface area contributed by atoms with E-state index in [1.54, 1.807) is 19.1 Å². The van der Waals surface area contributed by atoms with Crippen molar-refractivity contribution >= 4 is 17.5 Å². The first-order chi connectivity index (χ1) is 8.95. The number of aryl methyl sites for hydroxylation is 1. The monoisotopic (exact) mass is 260 g/mol. The largest absolute Gasteiger partial charge is 0.384 e. The van der Waals surface area contributed by atoms with Crippen LogP contribution in [0.3, 0.4) is 0 Å². The third-order valence-corrected chi connectivity index (χ3v) is 2.59. The first-order valence-corrected chi connectivity index (χ1v) is 5.98. The van der Waals surface area contributed by atoms with Gasteiger partial charge in [0.25, 0.3) is 5.91 Å². The number of hydrogen-bond donors (Lipinski definition) is 2. The van der Waals surface area contributed by atoms with Crippen LogP contribution in [0.25, 0.3) is 0 Å². The smallest absolute Gasteiger partial charge is 0.257 e. The molecule has 0 bridgehead atoms. The second-order valence-corrected chi connectivity index (χ2v) is 4.64. The summed E-state index contributed by atoms with van der Waals surface area (Å²) in [6, 6.07) is 4.91. The minimum absolute atomic E-state index is 0.198. The number of nitrogens with one attached hydrogen (secondary N) is 1. The normalized spacial score (nSPS) is 10.7. The summed E-state index contributed by atoms with van der Waals surface area (Å²) in [4.78, 5) is 16.3. The molecular weight excluding hydrogens is 244 g/mol. The van der Waals surface area contributed by atoms with Gasteiger partial charge in [-0.2, -0.15) is 0 Å². The molecule has 19 heavy (non-hydrogen) atoms. The number of aromatic nitrogens is 2. The van der Waals surface area contributed by atoms with E-state index in [0.717, 1.165) is 5.69 Å². The molecule has 0 atom stereocenters. The van der Waals surface area contributed by atoms with Crippen LogP contribution in [-0.4, -0.2) is 16.0 Å². The number of carbonyl (C=O) groups is 1. The third-order valence-electron chi connectivity index (χ3n) is 2.59. The molecule has 2 aromatic rings. The SMILES string of the molecule is Cc1cc(NC(=O)c2cc(N)nc(C(C)C)c2)no1. The Morgan fingerprint density at radius 1 is 1.37 bits per heavy atom. The fraction of sp³-hybridized carbons (Fsp3) is 0.308. The van der Waals surface area contributed by atoms with Crippen molar-refractivity contribution in [1.29, 1.82) is 0 Å². The number of anilines is 2. The molecule has 0 radical (unpaired) electrons. The van der Waals surface area contributed by atoms with Gasteiger partial charge in [0.1, 0.15) is 11.6 Å². The van der Waals surface area contributed by atoms with Gasteiger partial charge in [-0.3, -0.25) is 4.79 Å². The Balaban J connectivity index is 2.23. The number of nitrogen functional groups attached to an aromatic ring is 1. The molecule has 0 unspecified atom stereocenters. The lowest BCUT2D eigenvalue weighted by molar-refractivity contribution is 0.102. The number of nitrogens with zero attached hydrogens (tertiary/aromatic N) is 2. The highest BCUT2D eigenvalue weighted by atomic mass is 16.5. The van der Waals surface area contributed by atoms with Crippen LogP contribution >= 0.6 is 0 Å². The highest BCUT2D eigenvalue weighted by molar-refractivity contribution is 6.04. The quantitative estimate of drug-likeness (QED) is 0.883. The summed E-state index contributed by atoms with van der Waals surface area (Å²) in [5.74, 6) is 1.25. The second kappa shape index (κ2) is 5.09. The van der Waals surface area contributed by atoms with E-state index in [1.807, 2.05) is 13.8 Å². The molecule has 0 aliphatic rings. The van der Waals surface area contributed by atoms with Crippen LogP contribution < -0.4 is 11.1 Å². The zero-order valence-corrected chi connectivity index (χ0v) is 11.1. The van der Waals surface area contributed by atoms with E-state index in [2.05, 4.69) is 15.5 Å². The van der Waals surface area contributed by atoms with Crippen LogP contribution in [0.5, 0.6) is 0 Å². The number of carbonyl (C=O) groups excluding carboxylic acids is 1. The Kier molecular flexibility index (Phi) is 3.50. The molecule has 2 rings (SSSR count). The molecule has 0 aromatic carbocycles. The number of hydrogen-bond acceptors (Lipinski definition) is 5. The van der Waals surface area contributed by atoms with Crippen molar-refractivity contribution in [1.82, 2.24) is 10.1 Å². The minimum Gasteiger partial charge on any atom is -0.384 e. The maximum Gasteiger partial charge on any atom is 0.257 e. The number of pyridine rings is 1. The molecule has 0 fully saturated rings. The molecular formula is C13H16N4O2. The zero-order valence-electron chi connectivity index (χ0n) is 11.1. The third kappa shape index (κ3) is 3.09. The van der Waals surface area contributed by atoms with Crippen molar-refractivity contribution < 1.29 is 9.32 Å². The molecule has 6 nitrogen and oxygen atoms in total.